The highest BCUT2D eigenvalue weighted by Crippen LogP contribution is 2.23. The molecule has 1 aliphatic rings. The molecule has 1 aromatic carbocycles. The van der Waals surface area contributed by atoms with Gasteiger partial charge in [0.15, 0.2) is 0 Å². The predicted molar refractivity (Wildman–Crippen MR) is 64.5 cm³/mol. The molecule has 1 fully saturated rings. The van der Waals surface area contributed by atoms with Gasteiger partial charge in [0.05, 0.1) is 20.1 Å². The zero-order valence-electron chi connectivity index (χ0n) is 9.95. The van der Waals surface area contributed by atoms with Crippen LogP contribution in [0.2, 0.25) is 0 Å². The minimum atomic E-state index is 0.937. The molecule has 0 amide bonds. The van der Waals surface area contributed by atoms with Crippen LogP contribution in [0.3, 0.4) is 0 Å². The summed E-state index contributed by atoms with van der Waals surface area (Å²) in [5.41, 5.74) is 1.48. The molecule has 0 spiro atoms. The molecule has 0 radical (unpaired) electrons. The summed E-state index contributed by atoms with van der Waals surface area (Å²) in [7, 11) is 2.40. The van der Waals surface area contributed by atoms with Crippen molar-refractivity contribution in [1.29, 1.82) is 0 Å². The minimum absolute atomic E-state index is 0.937. The van der Waals surface area contributed by atoms with E-state index >= 15 is 0 Å². The third-order valence-corrected chi connectivity index (χ3v) is 3.73. The second-order valence-corrected chi connectivity index (χ2v) is 5.39. The molecule has 1 aromatic rings. The molecule has 1 heterocycles. The van der Waals surface area contributed by atoms with Crippen LogP contribution >= 0.6 is 0 Å². The molecule has 0 saturated carbocycles. The van der Waals surface area contributed by atoms with Gasteiger partial charge in [-0.3, -0.25) is 0 Å². The Bertz CT molecular complexity index is 296. The van der Waals surface area contributed by atoms with Crippen LogP contribution in [0.25, 0.3) is 0 Å². The van der Waals surface area contributed by atoms with Crippen LogP contribution in [-0.4, -0.2) is 24.6 Å². The Labute approximate surface area is 93.3 Å². The van der Waals surface area contributed by atoms with Crippen molar-refractivity contribution in [2.45, 2.75) is 26.3 Å². The van der Waals surface area contributed by atoms with Crippen LogP contribution in [0.15, 0.2) is 30.3 Å². The Hall–Kier alpha value is -0.820. The lowest BCUT2D eigenvalue weighted by molar-refractivity contribution is -0.928. The van der Waals surface area contributed by atoms with E-state index in [1.165, 1.54) is 42.5 Å². The van der Waals surface area contributed by atoms with E-state index < -0.39 is 0 Å². The van der Waals surface area contributed by atoms with E-state index in [1.54, 1.807) is 0 Å². The molecule has 15 heavy (non-hydrogen) atoms. The first-order chi connectivity index (χ1) is 7.18. The Morgan fingerprint density at radius 2 is 1.73 bits per heavy atom. The number of hydrogen-bond donors (Lipinski definition) is 0. The first-order valence-electron chi connectivity index (χ1n) is 6.05. The molecule has 0 aliphatic carbocycles. The van der Waals surface area contributed by atoms with Gasteiger partial charge in [-0.25, -0.2) is 0 Å². The SMILES string of the molecule is CC1CC[N+](C)(Cc2ccccc2)CC1. The van der Waals surface area contributed by atoms with E-state index in [1.807, 2.05) is 0 Å². The summed E-state index contributed by atoms with van der Waals surface area (Å²) in [6.07, 6.45) is 2.78. The third kappa shape index (κ3) is 2.82. The maximum Gasteiger partial charge on any atom is 0.104 e. The number of rotatable bonds is 2. The quantitative estimate of drug-likeness (QED) is 0.649. The summed E-state index contributed by atoms with van der Waals surface area (Å²) in [5.74, 6) is 0.937. The summed E-state index contributed by atoms with van der Waals surface area (Å²) < 4.78 is 1.23. The number of benzene rings is 1. The molecule has 82 valence electrons. The van der Waals surface area contributed by atoms with Gasteiger partial charge in [0.2, 0.25) is 0 Å². The molecule has 1 heteroatoms. The van der Waals surface area contributed by atoms with Gasteiger partial charge in [-0.1, -0.05) is 37.3 Å². The zero-order valence-corrected chi connectivity index (χ0v) is 9.95. The second-order valence-electron chi connectivity index (χ2n) is 5.39. The number of quaternary nitrogens is 1. The molecule has 0 N–H and O–H groups in total. The van der Waals surface area contributed by atoms with Crippen molar-refractivity contribution in [2.75, 3.05) is 20.1 Å². The van der Waals surface area contributed by atoms with Crippen LogP contribution in [0, 0.1) is 5.92 Å². The highest BCUT2D eigenvalue weighted by atomic mass is 15.3. The van der Waals surface area contributed by atoms with Crippen LogP contribution < -0.4 is 0 Å². The third-order valence-electron chi connectivity index (χ3n) is 3.73. The second kappa shape index (κ2) is 4.36. The smallest absolute Gasteiger partial charge is 0.104 e. The van der Waals surface area contributed by atoms with Gasteiger partial charge >= 0.3 is 0 Å². The molecular weight excluding hydrogens is 182 g/mol. The van der Waals surface area contributed by atoms with E-state index in [0.29, 0.717) is 0 Å². The maximum atomic E-state index is 2.40. The lowest BCUT2D eigenvalue weighted by atomic mass is 9.97. The molecule has 0 atom stereocenters. The van der Waals surface area contributed by atoms with Crippen LogP contribution in [0.5, 0.6) is 0 Å². The number of hydrogen-bond acceptors (Lipinski definition) is 0. The fourth-order valence-electron chi connectivity index (χ4n) is 2.50. The summed E-state index contributed by atoms with van der Waals surface area (Å²) in [6, 6.07) is 10.9. The van der Waals surface area contributed by atoms with E-state index in [4.69, 9.17) is 0 Å². The van der Waals surface area contributed by atoms with Gasteiger partial charge in [-0.05, 0) is 18.8 Å². The Morgan fingerprint density at radius 1 is 1.13 bits per heavy atom. The topological polar surface area (TPSA) is 0 Å². The lowest BCUT2D eigenvalue weighted by Crippen LogP contribution is -2.48. The van der Waals surface area contributed by atoms with E-state index in [0.717, 1.165) is 5.92 Å². The molecule has 1 aliphatic heterocycles. The molecular formula is C14H22N+. The summed E-state index contributed by atoms with van der Waals surface area (Å²) >= 11 is 0. The molecule has 1 saturated heterocycles. The van der Waals surface area contributed by atoms with Gasteiger partial charge < -0.3 is 4.48 Å². The maximum absolute atomic E-state index is 2.40. The lowest BCUT2D eigenvalue weighted by Gasteiger charge is -2.40. The Kier molecular flexibility index (Phi) is 3.11. The van der Waals surface area contributed by atoms with Crippen molar-refractivity contribution < 1.29 is 4.48 Å². The van der Waals surface area contributed by atoms with E-state index in [2.05, 4.69) is 44.3 Å². The summed E-state index contributed by atoms with van der Waals surface area (Å²) in [4.78, 5) is 0. The minimum Gasteiger partial charge on any atom is -0.322 e. The molecule has 0 aromatic heterocycles. The standard InChI is InChI=1S/C14H22N/c1-13-8-10-15(2,11-9-13)12-14-6-4-3-5-7-14/h3-7,13H,8-12H2,1-2H3/q+1. The first kappa shape index (κ1) is 10.7. The Morgan fingerprint density at radius 3 is 2.33 bits per heavy atom. The van der Waals surface area contributed by atoms with Gasteiger partial charge in [0.25, 0.3) is 0 Å². The molecule has 1 nitrogen and oxygen atoms in total. The first-order valence-corrected chi connectivity index (χ1v) is 6.05. The largest absolute Gasteiger partial charge is 0.322 e. The Balaban J connectivity index is 1.99. The average Bonchev–Trinajstić information content (AvgIpc) is 2.24. The summed E-state index contributed by atoms with van der Waals surface area (Å²) in [6.45, 7) is 6.27. The average molecular weight is 204 g/mol. The van der Waals surface area contributed by atoms with Gasteiger partial charge in [0.1, 0.15) is 6.54 Å². The number of piperidine rings is 1. The van der Waals surface area contributed by atoms with Crippen LogP contribution in [0.1, 0.15) is 25.3 Å². The van der Waals surface area contributed by atoms with E-state index in [9.17, 15) is 0 Å². The van der Waals surface area contributed by atoms with Crippen molar-refractivity contribution in [3.8, 4) is 0 Å². The van der Waals surface area contributed by atoms with Crippen molar-refractivity contribution in [2.24, 2.45) is 5.92 Å². The molecule has 2 rings (SSSR count). The number of nitrogens with zero attached hydrogens (tertiary/aromatic N) is 1. The zero-order chi connectivity index (χ0) is 10.7. The van der Waals surface area contributed by atoms with E-state index in [-0.39, 0.29) is 0 Å². The van der Waals surface area contributed by atoms with Gasteiger partial charge in [-0.15, -0.1) is 0 Å². The van der Waals surface area contributed by atoms with Crippen LogP contribution in [-0.2, 0) is 6.54 Å². The molecule has 0 bridgehead atoms. The highest BCUT2D eigenvalue weighted by molar-refractivity contribution is 5.13. The van der Waals surface area contributed by atoms with Crippen LogP contribution in [0.4, 0.5) is 0 Å². The number of likely N-dealkylation sites (tertiary alicyclic amines) is 1. The van der Waals surface area contributed by atoms with Crippen molar-refractivity contribution in [3.63, 3.8) is 0 Å². The molecule has 0 unspecified atom stereocenters. The predicted octanol–water partition coefficient (Wildman–Crippen LogP) is 3.06. The van der Waals surface area contributed by atoms with Crippen molar-refractivity contribution >= 4 is 0 Å². The van der Waals surface area contributed by atoms with Gasteiger partial charge in [0, 0.05) is 5.56 Å². The fourth-order valence-corrected chi connectivity index (χ4v) is 2.50. The fraction of sp³-hybridized carbons (Fsp3) is 0.571. The normalized spacial score (nSPS) is 31.5. The summed E-state index contributed by atoms with van der Waals surface area (Å²) in [5, 5.41) is 0. The van der Waals surface area contributed by atoms with Crippen molar-refractivity contribution in [3.05, 3.63) is 35.9 Å². The van der Waals surface area contributed by atoms with Crippen molar-refractivity contribution in [1.82, 2.24) is 0 Å². The monoisotopic (exact) mass is 204 g/mol. The van der Waals surface area contributed by atoms with Gasteiger partial charge in [-0.2, -0.15) is 0 Å². The highest BCUT2D eigenvalue weighted by Gasteiger charge is 2.27.